The molecule has 0 saturated carbocycles. The van der Waals surface area contributed by atoms with Crippen LogP contribution in [0.25, 0.3) is 0 Å². The van der Waals surface area contributed by atoms with Crippen LogP contribution in [0.1, 0.15) is 48.1 Å². The lowest BCUT2D eigenvalue weighted by Gasteiger charge is -2.16. The number of aliphatic carboxylic acids is 1. The first-order valence-corrected chi connectivity index (χ1v) is 9.69. The molecule has 0 heterocycles. The van der Waals surface area contributed by atoms with E-state index in [4.69, 9.17) is 0 Å². The molecule has 6 nitrogen and oxygen atoms in total. The van der Waals surface area contributed by atoms with Crippen molar-refractivity contribution in [3.8, 4) is 0 Å². The van der Waals surface area contributed by atoms with Crippen molar-refractivity contribution < 1.29 is 19.5 Å². The molecule has 2 amide bonds. The molecule has 0 aromatic heterocycles. The molecular weight excluding hydrogens is 368 g/mol. The van der Waals surface area contributed by atoms with E-state index in [1.807, 2.05) is 69.3 Å². The van der Waals surface area contributed by atoms with Crippen LogP contribution < -0.4 is 10.6 Å². The Hall–Kier alpha value is -3.15. The maximum absolute atomic E-state index is 12.2. The van der Waals surface area contributed by atoms with E-state index in [1.54, 1.807) is 0 Å². The van der Waals surface area contributed by atoms with E-state index >= 15 is 0 Å². The van der Waals surface area contributed by atoms with E-state index in [0.29, 0.717) is 0 Å². The Labute approximate surface area is 171 Å². The third kappa shape index (κ3) is 7.07. The standard InChI is InChI=1S/C23H28N2O4/c1-15-9-10-18(13-16(15)2)14-20(23(28)29)25-22(27)12-11-21(26)24-17(3)19-7-5-4-6-8-19/h4-10,13,17,20H,11-12,14H2,1-3H3,(H,24,26)(H,25,27)(H,28,29)/t17-,20-/m1/s1. The van der Waals surface area contributed by atoms with Gasteiger partial charge >= 0.3 is 5.97 Å². The number of rotatable bonds is 9. The van der Waals surface area contributed by atoms with Crippen molar-refractivity contribution in [2.24, 2.45) is 0 Å². The Morgan fingerprint density at radius 2 is 1.52 bits per heavy atom. The number of nitrogens with one attached hydrogen (secondary N) is 2. The summed E-state index contributed by atoms with van der Waals surface area (Å²) in [6.45, 7) is 5.82. The average molecular weight is 396 g/mol. The SMILES string of the molecule is Cc1ccc(C[C@@H](NC(=O)CCC(=O)N[C@H](C)c2ccccc2)C(=O)O)cc1C. The number of hydrogen-bond donors (Lipinski definition) is 3. The van der Waals surface area contributed by atoms with Crippen LogP contribution in [0.3, 0.4) is 0 Å². The van der Waals surface area contributed by atoms with Crippen molar-refractivity contribution in [3.63, 3.8) is 0 Å². The van der Waals surface area contributed by atoms with Gasteiger partial charge in [-0.05, 0) is 43.0 Å². The predicted octanol–water partition coefficient (Wildman–Crippen LogP) is 3.07. The highest BCUT2D eigenvalue weighted by atomic mass is 16.4. The lowest BCUT2D eigenvalue weighted by atomic mass is 10.0. The summed E-state index contributed by atoms with van der Waals surface area (Å²) in [7, 11) is 0. The molecule has 0 unspecified atom stereocenters. The van der Waals surface area contributed by atoms with Gasteiger partial charge in [-0.3, -0.25) is 9.59 Å². The summed E-state index contributed by atoms with van der Waals surface area (Å²) in [4.78, 5) is 35.8. The fourth-order valence-electron chi connectivity index (χ4n) is 3.00. The molecule has 29 heavy (non-hydrogen) atoms. The summed E-state index contributed by atoms with van der Waals surface area (Å²) in [5.41, 5.74) is 4.02. The highest BCUT2D eigenvalue weighted by molar-refractivity contribution is 5.87. The summed E-state index contributed by atoms with van der Waals surface area (Å²) in [6.07, 6.45) is 0.127. The first-order valence-electron chi connectivity index (χ1n) is 9.69. The van der Waals surface area contributed by atoms with Crippen molar-refractivity contribution in [1.29, 1.82) is 0 Å². The van der Waals surface area contributed by atoms with E-state index in [9.17, 15) is 19.5 Å². The molecule has 0 aliphatic carbocycles. The number of benzene rings is 2. The summed E-state index contributed by atoms with van der Waals surface area (Å²) < 4.78 is 0. The van der Waals surface area contributed by atoms with Gasteiger partial charge in [-0.25, -0.2) is 4.79 Å². The second-order valence-electron chi connectivity index (χ2n) is 7.28. The van der Waals surface area contributed by atoms with Gasteiger partial charge in [-0.15, -0.1) is 0 Å². The fraction of sp³-hybridized carbons (Fsp3) is 0.348. The molecule has 0 aliphatic heterocycles. The molecule has 2 atom stereocenters. The van der Waals surface area contributed by atoms with Crippen LogP contribution in [0.2, 0.25) is 0 Å². The summed E-state index contributed by atoms with van der Waals surface area (Å²) in [6, 6.07) is 14.1. The average Bonchev–Trinajstić information content (AvgIpc) is 2.69. The first-order chi connectivity index (χ1) is 13.8. The number of carbonyl (C=O) groups is 3. The first kappa shape index (κ1) is 22.1. The van der Waals surface area contributed by atoms with Crippen molar-refractivity contribution in [2.45, 2.75) is 52.1 Å². The molecule has 0 spiro atoms. The molecule has 2 aromatic carbocycles. The van der Waals surface area contributed by atoms with E-state index in [-0.39, 0.29) is 31.2 Å². The van der Waals surface area contributed by atoms with Crippen molar-refractivity contribution >= 4 is 17.8 Å². The minimum atomic E-state index is -1.10. The highest BCUT2D eigenvalue weighted by Gasteiger charge is 2.21. The second kappa shape index (κ2) is 10.4. The number of carbonyl (C=O) groups excluding carboxylic acids is 2. The summed E-state index contributed by atoms with van der Waals surface area (Å²) >= 11 is 0. The van der Waals surface area contributed by atoms with E-state index in [0.717, 1.165) is 22.3 Å². The van der Waals surface area contributed by atoms with Gasteiger partial charge in [-0.1, -0.05) is 48.5 Å². The Morgan fingerprint density at radius 3 is 2.10 bits per heavy atom. The normalized spacial score (nSPS) is 12.7. The van der Waals surface area contributed by atoms with Crippen LogP contribution in [0.4, 0.5) is 0 Å². The smallest absolute Gasteiger partial charge is 0.326 e. The summed E-state index contributed by atoms with van der Waals surface area (Å²) in [5, 5.41) is 14.8. The van der Waals surface area contributed by atoms with E-state index in [2.05, 4.69) is 10.6 Å². The van der Waals surface area contributed by atoms with Crippen LogP contribution in [0.15, 0.2) is 48.5 Å². The third-order valence-electron chi connectivity index (χ3n) is 4.90. The van der Waals surface area contributed by atoms with Gasteiger partial charge in [0.1, 0.15) is 6.04 Å². The second-order valence-corrected chi connectivity index (χ2v) is 7.28. The van der Waals surface area contributed by atoms with Crippen LogP contribution >= 0.6 is 0 Å². The minimum Gasteiger partial charge on any atom is -0.480 e. The molecule has 0 bridgehead atoms. The zero-order valence-corrected chi connectivity index (χ0v) is 17.1. The Kier molecular flexibility index (Phi) is 7.95. The van der Waals surface area contributed by atoms with Gasteiger partial charge in [0.15, 0.2) is 0 Å². The Bertz CT molecular complexity index is 864. The fourth-order valence-corrected chi connectivity index (χ4v) is 3.00. The van der Waals surface area contributed by atoms with Crippen LogP contribution in [0, 0.1) is 13.8 Å². The molecule has 6 heteroatoms. The molecule has 3 N–H and O–H groups in total. The molecule has 154 valence electrons. The highest BCUT2D eigenvalue weighted by Crippen LogP contribution is 2.13. The van der Waals surface area contributed by atoms with Crippen molar-refractivity contribution in [3.05, 3.63) is 70.8 Å². The quantitative estimate of drug-likeness (QED) is 0.607. The molecular formula is C23H28N2O4. The van der Waals surface area contributed by atoms with Crippen LogP contribution in [-0.4, -0.2) is 28.9 Å². The molecule has 0 aliphatic rings. The van der Waals surface area contributed by atoms with Crippen molar-refractivity contribution in [1.82, 2.24) is 10.6 Å². The number of amides is 2. The topological polar surface area (TPSA) is 95.5 Å². The molecule has 0 radical (unpaired) electrons. The Morgan fingerprint density at radius 1 is 0.897 bits per heavy atom. The van der Waals surface area contributed by atoms with Crippen LogP contribution in [-0.2, 0) is 20.8 Å². The summed E-state index contributed by atoms with van der Waals surface area (Å²) in [5.74, 6) is -1.81. The Balaban J connectivity index is 1.84. The maximum Gasteiger partial charge on any atom is 0.326 e. The van der Waals surface area contributed by atoms with E-state index < -0.39 is 17.9 Å². The monoisotopic (exact) mass is 396 g/mol. The lowest BCUT2D eigenvalue weighted by Crippen LogP contribution is -2.42. The number of carboxylic acids is 1. The molecule has 2 aromatic rings. The van der Waals surface area contributed by atoms with E-state index in [1.165, 1.54) is 0 Å². The lowest BCUT2D eigenvalue weighted by molar-refractivity contribution is -0.141. The third-order valence-corrected chi connectivity index (χ3v) is 4.90. The van der Waals surface area contributed by atoms with Crippen molar-refractivity contribution in [2.75, 3.05) is 0 Å². The zero-order valence-electron chi connectivity index (χ0n) is 17.1. The van der Waals surface area contributed by atoms with Gasteiger partial charge in [0.05, 0.1) is 6.04 Å². The number of aryl methyl sites for hydroxylation is 2. The van der Waals surface area contributed by atoms with Gasteiger partial charge in [0.2, 0.25) is 11.8 Å². The maximum atomic E-state index is 12.2. The minimum absolute atomic E-state index is 0.00101. The van der Waals surface area contributed by atoms with Gasteiger partial charge in [-0.2, -0.15) is 0 Å². The zero-order chi connectivity index (χ0) is 21.4. The number of hydrogen-bond acceptors (Lipinski definition) is 3. The van der Waals surface area contributed by atoms with Gasteiger partial charge in [0, 0.05) is 19.3 Å². The molecule has 2 rings (SSSR count). The molecule has 0 fully saturated rings. The predicted molar refractivity (Wildman–Crippen MR) is 111 cm³/mol. The molecule has 0 saturated heterocycles. The van der Waals surface area contributed by atoms with Crippen LogP contribution in [0.5, 0.6) is 0 Å². The largest absolute Gasteiger partial charge is 0.480 e. The van der Waals surface area contributed by atoms with Gasteiger partial charge in [0.25, 0.3) is 0 Å². The van der Waals surface area contributed by atoms with Gasteiger partial charge < -0.3 is 15.7 Å². The number of carboxylic acid groups (broad SMARTS) is 1.